The first-order valence-corrected chi connectivity index (χ1v) is 8.18. The Morgan fingerprint density at radius 2 is 2.17 bits per heavy atom. The molecule has 1 aliphatic rings. The van der Waals surface area contributed by atoms with Crippen LogP contribution in [0.25, 0.3) is 0 Å². The summed E-state index contributed by atoms with van der Waals surface area (Å²) >= 11 is 0. The van der Waals surface area contributed by atoms with Crippen molar-refractivity contribution in [1.29, 1.82) is 0 Å². The second-order valence-corrected chi connectivity index (χ2v) is 6.02. The third-order valence-electron chi connectivity index (χ3n) is 4.31. The van der Waals surface area contributed by atoms with Gasteiger partial charge in [-0.05, 0) is 50.5 Å². The summed E-state index contributed by atoms with van der Waals surface area (Å²) in [6, 6.07) is 5.59. The molecule has 6 nitrogen and oxygen atoms in total. The van der Waals surface area contributed by atoms with Crippen molar-refractivity contribution < 1.29 is 14.1 Å². The highest BCUT2D eigenvalue weighted by Crippen LogP contribution is 2.28. The van der Waals surface area contributed by atoms with Gasteiger partial charge in [0.15, 0.2) is 0 Å². The van der Waals surface area contributed by atoms with E-state index in [1.165, 1.54) is 0 Å². The SMILES string of the molecule is CCc1noc(C)c1C(=O)Nc1ccc(N2CCCC2=O)c(C)c1. The van der Waals surface area contributed by atoms with E-state index < -0.39 is 0 Å². The molecule has 1 aromatic heterocycles. The molecule has 2 amide bonds. The highest BCUT2D eigenvalue weighted by molar-refractivity contribution is 6.06. The number of nitrogens with zero attached hydrogens (tertiary/aromatic N) is 2. The van der Waals surface area contributed by atoms with E-state index in [0.29, 0.717) is 35.5 Å². The van der Waals surface area contributed by atoms with E-state index in [1.807, 2.05) is 32.0 Å². The van der Waals surface area contributed by atoms with E-state index in [2.05, 4.69) is 10.5 Å². The van der Waals surface area contributed by atoms with Gasteiger partial charge in [-0.1, -0.05) is 12.1 Å². The molecule has 1 N–H and O–H groups in total. The minimum Gasteiger partial charge on any atom is -0.361 e. The van der Waals surface area contributed by atoms with Crippen molar-refractivity contribution in [1.82, 2.24) is 5.16 Å². The maximum Gasteiger partial charge on any atom is 0.261 e. The van der Waals surface area contributed by atoms with Gasteiger partial charge in [0.05, 0.1) is 5.69 Å². The van der Waals surface area contributed by atoms with E-state index >= 15 is 0 Å². The van der Waals surface area contributed by atoms with Gasteiger partial charge in [-0.25, -0.2) is 0 Å². The van der Waals surface area contributed by atoms with Gasteiger partial charge in [-0.2, -0.15) is 0 Å². The Hall–Kier alpha value is -2.63. The minimum absolute atomic E-state index is 0.155. The lowest BCUT2D eigenvalue weighted by molar-refractivity contribution is -0.117. The Bertz CT molecular complexity index is 795. The average molecular weight is 327 g/mol. The van der Waals surface area contributed by atoms with Gasteiger partial charge < -0.3 is 14.7 Å². The van der Waals surface area contributed by atoms with Crippen LogP contribution < -0.4 is 10.2 Å². The number of carbonyl (C=O) groups excluding carboxylic acids is 2. The van der Waals surface area contributed by atoms with Crippen LogP contribution in [0, 0.1) is 13.8 Å². The molecule has 126 valence electrons. The van der Waals surface area contributed by atoms with E-state index in [4.69, 9.17) is 4.52 Å². The maximum atomic E-state index is 12.5. The van der Waals surface area contributed by atoms with Crippen molar-refractivity contribution in [3.63, 3.8) is 0 Å². The Balaban J connectivity index is 1.81. The van der Waals surface area contributed by atoms with E-state index in [0.717, 1.165) is 24.2 Å². The molecule has 0 unspecified atom stereocenters. The van der Waals surface area contributed by atoms with Crippen molar-refractivity contribution in [2.75, 3.05) is 16.8 Å². The molecule has 1 aliphatic heterocycles. The van der Waals surface area contributed by atoms with Crippen LogP contribution in [0.5, 0.6) is 0 Å². The highest BCUT2D eigenvalue weighted by Gasteiger charge is 2.23. The summed E-state index contributed by atoms with van der Waals surface area (Å²) in [6.45, 7) is 6.36. The number of nitrogens with one attached hydrogen (secondary N) is 1. The van der Waals surface area contributed by atoms with Crippen molar-refractivity contribution in [2.45, 2.75) is 40.0 Å². The van der Waals surface area contributed by atoms with Crippen LogP contribution in [-0.2, 0) is 11.2 Å². The molecule has 3 rings (SSSR count). The fourth-order valence-electron chi connectivity index (χ4n) is 3.08. The lowest BCUT2D eigenvalue weighted by Crippen LogP contribution is -2.24. The fourth-order valence-corrected chi connectivity index (χ4v) is 3.08. The molecule has 1 saturated heterocycles. The van der Waals surface area contributed by atoms with Crippen LogP contribution in [0.2, 0.25) is 0 Å². The van der Waals surface area contributed by atoms with Crippen LogP contribution in [0.1, 0.15) is 47.1 Å². The largest absolute Gasteiger partial charge is 0.361 e. The summed E-state index contributed by atoms with van der Waals surface area (Å²) in [5.74, 6) is 0.443. The van der Waals surface area contributed by atoms with E-state index in [-0.39, 0.29) is 11.8 Å². The molecular formula is C18H21N3O3. The quantitative estimate of drug-likeness (QED) is 0.935. The van der Waals surface area contributed by atoms with Gasteiger partial charge in [-0.3, -0.25) is 9.59 Å². The first-order valence-electron chi connectivity index (χ1n) is 8.18. The Morgan fingerprint density at radius 1 is 1.38 bits per heavy atom. The number of benzene rings is 1. The zero-order valence-corrected chi connectivity index (χ0v) is 14.2. The van der Waals surface area contributed by atoms with Crippen LogP contribution in [0.15, 0.2) is 22.7 Å². The number of anilines is 2. The maximum absolute atomic E-state index is 12.5. The Labute approximate surface area is 140 Å². The number of rotatable bonds is 4. The molecule has 0 atom stereocenters. The first kappa shape index (κ1) is 16.2. The summed E-state index contributed by atoms with van der Waals surface area (Å²) in [7, 11) is 0. The second kappa shape index (κ2) is 6.47. The average Bonchev–Trinajstić information content (AvgIpc) is 3.13. The molecule has 1 aromatic carbocycles. The number of carbonyl (C=O) groups is 2. The molecule has 2 aromatic rings. The lowest BCUT2D eigenvalue weighted by atomic mass is 10.1. The predicted octanol–water partition coefficient (Wildman–Crippen LogP) is 3.23. The van der Waals surface area contributed by atoms with Gasteiger partial charge >= 0.3 is 0 Å². The molecular weight excluding hydrogens is 306 g/mol. The molecule has 0 bridgehead atoms. The summed E-state index contributed by atoms with van der Waals surface area (Å²) < 4.78 is 5.11. The van der Waals surface area contributed by atoms with E-state index in [1.54, 1.807) is 11.8 Å². The number of hydrogen-bond acceptors (Lipinski definition) is 4. The third kappa shape index (κ3) is 2.91. The first-order chi connectivity index (χ1) is 11.5. The number of amides is 2. The van der Waals surface area contributed by atoms with Crippen molar-refractivity contribution in [3.05, 3.63) is 40.8 Å². The smallest absolute Gasteiger partial charge is 0.261 e. The van der Waals surface area contributed by atoms with Gasteiger partial charge in [-0.15, -0.1) is 0 Å². The Morgan fingerprint density at radius 3 is 2.79 bits per heavy atom. The summed E-state index contributed by atoms with van der Waals surface area (Å²) in [5.41, 5.74) is 3.71. The van der Waals surface area contributed by atoms with Crippen LogP contribution >= 0.6 is 0 Å². The van der Waals surface area contributed by atoms with Crippen molar-refractivity contribution in [2.24, 2.45) is 0 Å². The summed E-state index contributed by atoms with van der Waals surface area (Å²) in [4.78, 5) is 26.2. The molecule has 24 heavy (non-hydrogen) atoms. The molecule has 6 heteroatoms. The van der Waals surface area contributed by atoms with Crippen LogP contribution in [-0.4, -0.2) is 23.5 Å². The molecule has 0 saturated carbocycles. The highest BCUT2D eigenvalue weighted by atomic mass is 16.5. The van der Waals surface area contributed by atoms with Gasteiger partial charge in [0.1, 0.15) is 11.3 Å². The van der Waals surface area contributed by atoms with E-state index in [9.17, 15) is 9.59 Å². The number of hydrogen-bond donors (Lipinski definition) is 1. The normalized spacial score (nSPS) is 14.3. The minimum atomic E-state index is -0.227. The third-order valence-corrected chi connectivity index (χ3v) is 4.31. The molecule has 0 aliphatic carbocycles. The van der Waals surface area contributed by atoms with Gasteiger partial charge in [0, 0.05) is 24.3 Å². The molecule has 0 radical (unpaired) electrons. The van der Waals surface area contributed by atoms with Gasteiger partial charge in [0.2, 0.25) is 5.91 Å². The molecule has 1 fully saturated rings. The van der Waals surface area contributed by atoms with Crippen molar-refractivity contribution in [3.8, 4) is 0 Å². The molecule has 0 spiro atoms. The van der Waals surface area contributed by atoms with Gasteiger partial charge in [0.25, 0.3) is 5.91 Å². The fraction of sp³-hybridized carbons (Fsp3) is 0.389. The lowest BCUT2D eigenvalue weighted by Gasteiger charge is -2.19. The summed E-state index contributed by atoms with van der Waals surface area (Å²) in [5, 5.41) is 6.80. The number of aryl methyl sites for hydroxylation is 3. The Kier molecular flexibility index (Phi) is 4.38. The van der Waals surface area contributed by atoms with Crippen LogP contribution in [0.3, 0.4) is 0 Å². The van der Waals surface area contributed by atoms with Crippen molar-refractivity contribution >= 4 is 23.2 Å². The topological polar surface area (TPSA) is 75.4 Å². The zero-order chi connectivity index (χ0) is 17.3. The van der Waals surface area contributed by atoms with Crippen LogP contribution in [0.4, 0.5) is 11.4 Å². The second-order valence-electron chi connectivity index (χ2n) is 6.02. The monoisotopic (exact) mass is 327 g/mol. The zero-order valence-electron chi connectivity index (χ0n) is 14.2. The number of aromatic nitrogens is 1. The standard InChI is InChI=1S/C18H21N3O3/c1-4-14-17(12(3)24-20-14)18(23)19-13-7-8-15(11(2)10-13)21-9-5-6-16(21)22/h7-8,10H,4-6,9H2,1-3H3,(H,19,23). The molecule has 2 heterocycles. The predicted molar refractivity (Wildman–Crippen MR) is 91.3 cm³/mol. The summed E-state index contributed by atoms with van der Waals surface area (Å²) in [6.07, 6.45) is 2.13.